The molecule has 2 saturated carbocycles. The predicted molar refractivity (Wildman–Crippen MR) is 93.7 cm³/mol. The standard InChI is InChI=1S/C20H27NO3/c1-20-9-8-13-14(16(20)6-7-19(20)21-24-3)5-4-12-10-17(22)18(23-2)11-15(12)13/h10-11,13-14,16,22H,4-9H2,1-3H3/b21-19-/t13-,14+,16-,20-/m0/s1. The molecule has 3 aliphatic carbocycles. The molecule has 4 rings (SSSR count). The number of oxime groups is 1. The topological polar surface area (TPSA) is 51.0 Å². The van der Waals surface area contributed by atoms with Crippen LogP contribution in [0.1, 0.15) is 56.1 Å². The number of hydrogen-bond acceptors (Lipinski definition) is 4. The number of ether oxygens (including phenoxy) is 1. The van der Waals surface area contributed by atoms with Crippen molar-refractivity contribution in [3.63, 3.8) is 0 Å². The van der Waals surface area contributed by atoms with Crippen LogP contribution in [0, 0.1) is 17.3 Å². The largest absolute Gasteiger partial charge is 0.504 e. The minimum Gasteiger partial charge on any atom is -0.504 e. The van der Waals surface area contributed by atoms with E-state index in [0.29, 0.717) is 23.5 Å². The highest BCUT2D eigenvalue weighted by molar-refractivity contribution is 5.92. The molecule has 24 heavy (non-hydrogen) atoms. The number of phenolic OH excluding ortho intramolecular Hbond substituents is 1. The predicted octanol–water partition coefficient (Wildman–Crippen LogP) is 4.26. The van der Waals surface area contributed by atoms with Crippen molar-refractivity contribution in [3.8, 4) is 11.5 Å². The molecule has 0 unspecified atom stereocenters. The zero-order chi connectivity index (χ0) is 16.9. The van der Waals surface area contributed by atoms with E-state index in [2.05, 4.69) is 18.1 Å². The van der Waals surface area contributed by atoms with Crippen LogP contribution in [0.15, 0.2) is 17.3 Å². The summed E-state index contributed by atoms with van der Waals surface area (Å²) in [5, 5.41) is 14.5. The quantitative estimate of drug-likeness (QED) is 0.825. The van der Waals surface area contributed by atoms with Crippen LogP contribution < -0.4 is 4.74 Å². The molecule has 0 heterocycles. The van der Waals surface area contributed by atoms with Gasteiger partial charge in [-0.25, -0.2) is 0 Å². The van der Waals surface area contributed by atoms with Gasteiger partial charge in [0.2, 0.25) is 0 Å². The Kier molecular flexibility index (Phi) is 3.74. The number of rotatable bonds is 2. The van der Waals surface area contributed by atoms with Crippen molar-refractivity contribution in [1.82, 2.24) is 0 Å². The average Bonchev–Trinajstić information content (AvgIpc) is 2.91. The number of methoxy groups -OCH3 is 1. The van der Waals surface area contributed by atoms with Gasteiger partial charge in [-0.05, 0) is 79.5 Å². The van der Waals surface area contributed by atoms with Gasteiger partial charge in [-0.15, -0.1) is 0 Å². The van der Waals surface area contributed by atoms with Crippen molar-refractivity contribution in [1.29, 1.82) is 0 Å². The second-order valence-corrected chi connectivity index (χ2v) is 7.85. The monoisotopic (exact) mass is 329 g/mol. The summed E-state index contributed by atoms with van der Waals surface area (Å²) in [6.45, 7) is 2.39. The van der Waals surface area contributed by atoms with Gasteiger partial charge in [0.1, 0.15) is 7.11 Å². The Labute approximate surface area is 143 Å². The number of aromatic hydroxyl groups is 1. The van der Waals surface area contributed by atoms with Crippen molar-refractivity contribution in [3.05, 3.63) is 23.3 Å². The summed E-state index contributed by atoms with van der Waals surface area (Å²) in [6, 6.07) is 4.01. The molecule has 0 aliphatic heterocycles. The third-order valence-corrected chi connectivity index (χ3v) is 6.97. The molecule has 0 spiro atoms. The van der Waals surface area contributed by atoms with Gasteiger partial charge >= 0.3 is 0 Å². The lowest BCUT2D eigenvalue weighted by atomic mass is 9.55. The molecule has 4 atom stereocenters. The first-order valence-corrected chi connectivity index (χ1v) is 9.08. The van der Waals surface area contributed by atoms with Gasteiger partial charge in [0.05, 0.1) is 12.8 Å². The number of hydrogen-bond donors (Lipinski definition) is 1. The average molecular weight is 329 g/mol. The third kappa shape index (κ3) is 2.15. The van der Waals surface area contributed by atoms with Crippen LogP contribution in [0.3, 0.4) is 0 Å². The van der Waals surface area contributed by atoms with Crippen molar-refractivity contribution in [2.75, 3.05) is 14.2 Å². The maximum Gasteiger partial charge on any atom is 0.160 e. The number of phenols is 1. The first-order valence-electron chi connectivity index (χ1n) is 9.08. The molecular weight excluding hydrogens is 302 g/mol. The van der Waals surface area contributed by atoms with Crippen LogP contribution in [-0.2, 0) is 11.3 Å². The lowest BCUT2D eigenvalue weighted by Crippen LogP contribution is -2.42. The number of aryl methyl sites for hydroxylation is 1. The Morgan fingerprint density at radius 3 is 2.75 bits per heavy atom. The first kappa shape index (κ1) is 15.8. The summed E-state index contributed by atoms with van der Waals surface area (Å²) in [7, 11) is 3.29. The van der Waals surface area contributed by atoms with Crippen molar-refractivity contribution >= 4 is 5.71 Å². The van der Waals surface area contributed by atoms with Crippen LogP contribution in [0.25, 0.3) is 0 Å². The SMILES string of the molecule is CO/N=C1/CC[C@H]2[C@@H]3CCc4cc(O)c(OC)cc4[C@H]3CC[C@]12C. The van der Waals surface area contributed by atoms with E-state index < -0.39 is 0 Å². The second-order valence-electron chi connectivity index (χ2n) is 7.85. The summed E-state index contributed by atoms with van der Waals surface area (Å²) in [5.74, 6) is 2.86. The smallest absolute Gasteiger partial charge is 0.160 e. The summed E-state index contributed by atoms with van der Waals surface area (Å²) in [4.78, 5) is 5.12. The van der Waals surface area contributed by atoms with E-state index in [0.717, 1.165) is 12.8 Å². The van der Waals surface area contributed by atoms with E-state index in [-0.39, 0.29) is 11.2 Å². The molecule has 130 valence electrons. The molecule has 1 N–H and O–H groups in total. The molecule has 1 aromatic rings. The van der Waals surface area contributed by atoms with Gasteiger partial charge in [0.15, 0.2) is 11.5 Å². The molecule has 0 amide bonds. The summed E-state index contributed by atoms with van der Waals surface area (Å²) in [6.07, 6.45) is 6.92. The molecule has 2 fully saturated rings. The summed E-state index contributed by atoms with van der Waals surface area (Å²) >= 11 is 0. The highest BCUT2D eigenvalue weighted by Crippen LogP contribution is 2.60. The Balaban J connectivity index is 1.70. The molecular formula is C20H27NO3. The highest BCUT2D eigenvalue weighted by atomic mass is 16.6. The fourth-order valence-electron chi connectivity index (χ4n) is 5.80. The normalized spacial score (nSPS) is 36.0. The lowest BCUT2D eigenvalue weighted by Gasteiger charge is -2.49. The fourth-order valence-corrected chi connectivity index (χ4v) is 5.80. The zero-order valence-corrected chi connectivity index (χ0v) is 14.8. The Morgan fingerprint density at radius 1 is 1.17 bits per heavy atom. The van der Waals surface area contributed by atoms with E-state index in [4.69, 9.17) is 9.57 Å². The van der Waals surface area contributed by atoms with Crippen LogP contribution in [0.4, 0.5) is 0 Å². The van der Waals surface area contributed by atoms with E-state index in [9.17, 15) is 5.11 Å². The Bertz CT molecular complexity index is 684. The van der Waals surface area contributed by atoms with Crippen molar-refractivity contribution in [2.45, 2.75) is 51.4 Å². The number of nitrogens with zero attached hydrogens (tertiary/aromatic N) is 1. The molecule has 0 saturated heterocycles. The van der Waals surface area contributed by atoms with Crippen molar-refractivity contribution < 1.29 is 14.7 Å². The number of fused-ring (bicyclic) bond motifs is 5. The lowest BCUT2D eigenvalue weighted by molar-refractivity contribution is 0.0923. The van der Waals surface area contributed by atoms with E-state index >= 15 is 0 Å². The van der Waals surface area contributed by atoms with Crippen LogP contribution in [0.5, 0.6) is 11.5 Å². The van der Waals surface area contributed by atoms with E-state index in [1.807, 2.05) is 6.07 Å². The molecule has 0 aromatic heterocycles. The maximum atomic E-state index is 10.1. The molecule has 4 nitrogen and oxygen atoms in total. The molecule has 0 radical (unpaired) electrons. The minimum absolute atomic E-state index is 0.204. The van der Waals surface area contributed by atoms with Crippen LogP contribution in [0.2, 0.25) is 0 Å². The molecule has 4 heteroatoms. The van der Waals surface area contributed by atoms with Crippen molar-refractivity contribution in [2.24, 2.45) is 22.4 Å². The summed E-state index contributed by atoms with van der Waals surface area (Å²) < 4.78 is 5.36. The number of benzene rings is 1. The molecule has 0 bridgehead atoms. The van der Waals surface area contributed by atoms with E-state index in [1.54, 1.807) is 14.2 Å². The first-order chi connectivity index (χ1) is 11.6. The summed E-state index contributed by atoms with van der Waals surface area (Å²) in [5.41, 5.74) is 4.18. The fraction of sp³-hybridized carbons (Fsp3) is 0.650. The third-order valence-electron chi connectivity index (χ3n) is 6.97. The molecule has 3 aliphatic rings. The maximum absolute atomic E-state index is 10.1. The highest BCUT2D eigenvalue weighted by Gasteiger charge is 2.53. The second kappa shape index (κ2) is 5.68. The van der Waals surface area contributed by atoms with Gasteiger partial charge < -0.3 is 14.7 Å². The van der Waals surface area contributed by atoms with Gasteiger partial charge in [0, 0.05) is 5.41 Å². The van der Waals surface area contributed by atoms with E-state index in [1.165, 1.54) is 42.5 Å². The van der Waals surface area contributed by atoms with Crippen LogP contribution in [-0.4, -0.2) is 25.0 Å². The van der Waals surface area contributed by atoms with Gasteiger partial charge in [0.25, 0.3) is 0 Å². The minimum atomic E-state index is 0.204. The Hall–Kier alpha value is -1.71. The van der Waals surface area contributed by atoms with Gasteiger partial charge in [-0.2, -0.15) is 0 Å². The molecule has 1 aromatic carbocycles. The Morgan fingerprint density at radius 2 is 2.00 bits per heavy atom. The van der Waals surface area contributed by atoms with Gasteiger partial charge in [-0.1, -0.05) is 12.1 Å². The van der Waals surface area contributed by atoms with Crippen LogP contribution >= 0.6 is 0 Å². The van der Waals surface area contributed by atoms with Gasteiger partial charge in [-0.3, -0.25) is 0 Å². The zero-order valence-electron chi connectivity index (χ0n) is 14.8.